The highest BCUT2D eigenvalue weighted by Gasteiger charge is 2.40. The zero-order chi connectivity index (χ0) is 18.8. The van der Waals surface area contributed by atoms with E-state index in [0.29, 0.717) is 6.61 Å². The Hall–Kier alpha value is -0.493. The summed E-state index contributed by atoms with van der Waals surface area (Å²) >= 11 is 0. The van der Waals surface area contributed by atoms with E-state index in [2.05, 4.69) is 57.6 Å². The minimum Gasteiger partial charge on any atom is -0.415 e. The summed E-state index contributed by atoms with van der Waals surface area (Å²) < 4.78 is 22.2. The van der Waals surface area contributed by atoms with E-state index in [1.54, 1.807) is 0 Å². The Balaban J connectivity index is 3.10. The summed E-state index contributed by atoms with van der Waals surface area (Å²) in [6.07, 6.45) is 0. The molecule has 0 aliphatic heterocycles. The van der Waals surface area contributed by atoms with Gasteiger partial charge < -0.3 is 4.43 Å². The highest BCUT2D eigenvalue weighted by molar-refractivity contribution is 7.84. The van der Waals surface area contributed by atoms with Gasteiger partial charge in [-0.05, 0) is 51.4 Å². The summed E-state index contributed by atoms with van der Waals surface area (Å²) in [4.78, 5) is 0. The fourth-order valence-electron chi connectivity index (χ4n) is 1.88. The number of hydrogen-bond acceptors (Lipinski definition) is 2. The van der Waals surface area contributed by atoms with Gasteiger partial charge in [0.1, 0.15) is 0 Å². The van der Waals surface area contributed by atoms with E-state index in [9.17, 15) is 4.21 Å². The highest BCUT2D eigenvalue weighted by atomic mass is 32.2. The molecule has 0 bridgehead atoms. The number of nitrogens with one attached hydrogen (secondary N) is 1. The van der Waals surface area contributed by atoms with E-state index in [1.807, 2.05) is 39.0 Å². The zero-order valence-electron chi connectivity index (χ0n) is 16.8. The van der Waals surface area contributed by atoms with Crippen molar-refractivity contribution in [3.05, 3.63) is 35.9 Å². The fraction of sp³-hybridized carbons (Fsp3) is 0.684. The van der Waals surface area contributed by atoms with Crippen molar-refractivity contribution in [2.45, 2.75) is 76.9 Å². The minimum atomic E-state index is -1.88. The average Bonchev–Trinajstić information content (AvgIpc) is 2.44. The van der Waals surface area contributed by atoms with Crippen LogP contribution in [0.2, 0.25) is 18.1 Å². The van der Waals surface area contributed by atoms with Crippen molar-refractivity contribution in [2.24, 2.45) is 0 Å². The third-order valence-electron chi connectivity index (χ3n) is 4.81. The topological polar surface area (TPSA) is 38.3 Å². The fourth-order valence-corrected chi connectivity index (χ4v) is 3.85. The van der Waals surface area contributed by atoms with Crippen LogP contribution in [0.4, 0.5) is 0 Å². The van der Waals surface area contributed by atoms with E-state index in [-0.39, 0.29) is 9.79 Å². The molecule has 0 aliphatic carbocycles. The molecule has 0 aromatic heterocycles. The first-order chi connectivity index (χ1) is 10.7. The Bertz CT molecular complexity index is 561. The van der Waals surface area contributed by atoms with E-state index in [4.69, 9.17) is 4.43 Å². The summed E-state index contributed by atoms with van der Waals surface area (Å²) in [6.45, 7) is 19.7. The van der Waals surface area contributed by atoms with Crippen LogP contribution in [0.3, 0.4) is 0 Å². The SMILES string of the molecule is CC(C)(C)S(=O)N[C@](C)(CO[Si](C)(C)C(C)(C)C)c1ccccc1. The lowest BCUT2D eigenvalue weighted by Crippen LogP contribution is -2.52. The van der Waals surface area contributed by atoms with Crippen molar-refractivity contribution < 1.29 is 8.63 Å². The van der Waals surface area contributed by atoms with Crippen LogP contribution in [0.5, 0.6) is 0 Å². The van der Waals surface area contributed by atoms with Gasteiger partial charge in [0.15, 0.2) is 8.32 Å². The largest absolute Gasteiger partial charge is 0.415 e. The van der Waals surface area contributed by atoms with Gasteiger partial charge in [-0.15, -0.1) is 0 Å². The molecular weight excluding hydrogens is 334 g/mol. The minimum absolute atomic E-state index is 0.147. The quantitative estimate of drug-likeness (QED) is 0.719. The van der Waals surface area contributed by atoms with Crippen LogP contribution in [-0.2, 0) is 21.0 Å². The standard InChI is InChI=1S/C19H35NO2SSi/c1-17(2,3)23(21)20-19(7,16-13-11-10-12-14-16)15-22-24(8,9)18(4,5)6/h10-14,20H,15H2,1-9H3/t19-,23?/m1/s1. The number of hydrogen-bond donors (Lipinski definition) is 1. The van der Waals surface area contributed by atoms with Gasteiger partial charge in [-0.1, -0.05) is 51.1 Å². The molecule has 0 amide bonds. The molecule has 3 nitrogen and oxygen atoms in total. The molecule has 0 spiro atoms. The van der Waals surface area contributed by atoms with Gasteiger partial charge in [0.2, 0.25) is 0 Å². The maximum atomic E-state index is 12.7. The third-order valence-corrected chi connectivity index (χ3v) is 11.0. The molecular formula is C19H35NO2SSi. The molecule has 0 aliphatic rings. The molecule has 0 radical (unpaired) electrons. The molecule has 1 aromatic rings. The second-order valence-electron chi connectivity index (χ2n) is 9.23. The molecule has 1 N–H and O–H groups in total. The molecule has 24 heavy (non-hydrogen) atoms. The maximum absolute atomic E-state index is 12.7. The Morgan fingerprint density at radius 2 is 1.50 bits per heavy atom. The predicted molar refractivity (Wildman–Crippen MR) is 108 cm³/mol. The Morgan fingerprint density at radius 3 is 1.92 bits per heavy atom. The average molecular weight is 370 g/mol. The molecule has 138 valence electrons. The maximum Gasteiger partial charge on any atom is 0.192 e. The van der Waals surface area contributed by atoms with Crippen molar-refractivity contribution in [3.63, 3.8) is 0 Å². The zero-order valence-corrected chi connectivity index (χ0v) is 18.6. The summed E-state index contributed by atoms with van der Waals surface area (Å²) in [6, 6.07) is 10.2. The molecule has 0 heterocycles. The van der Waals surface area contributed by atoms with Gasteiger partial charge in [0.25, 0.3) is 0 Å². The summed E-state index contributed by atoms with van der Waals surface area (Å²) in [5.41, 5.74) is 0.607. The van der Waals surface area contributed by atoms with Gasteiger partial charge in [0.05, 0.1) is 27.9 Å². The predicted octanol–water partition coefficient (Wildman–Crippen LogP) is 4.98. The summed E-state index contributed by atoms with van der Waals surface area (Å²) in [5.74, 6) is 0. The molecule has 2 atom stereocenters. The van der Waals surface area contributed by atoms with Crippen molar-refractivity contribution in [3.8, 4) is 0 Å². The normalized spacial score (nSPS) is 17.4. The van der Waals surface area contributed by atoms with Crippen molar-refractivity contribution >= 4 is 19.3 Å². The van der Waals surface area contributed by atoms with Crippen LogP contribution in [0.1, 0.15) is 54.0 Å². The van der Waals surface area contributed by atoms with Crippen molar-refractivity contribution in [2.75, 3.05) is 6.61 Å². The molecule has 0 saturated carbocycles. The third kappa shape index (κ3) is 5.51. The lowest BCUT2D eigenvalue weighted by atomic mass is 9.94. The van der Waals surface area contributed by atoms with Crippen LogP contribution < -0.4 is 4.72 Å². The monoisotopic (exact) mass is 369 g/mol. The first kappa shape index (κ1) is 21.5. The number of rotatable bonds is 6. The molecule has 0 saturated heterocycles. The van der Waals surface area contributed by atoms with Crippen LogP contribution in [0.15, 0.2) is 30.3 Å². The molecule has 1 rings (SSSR count). The molecule has 1 unspecified atom stereocenters. The Morgan fingerprint density at radius 1 is 1.00 bits per heavy atom. The molecule has 1 aromatic carbocycles. The Labute approximate surface area is 152 Å². The van der Waals surface area contributed by atoms with Crippen LogP contribution in [0.25, 0.3) is 0 Å². The van der Waals surface area contributed by atoms with E-state index >= 15 is 0 Å². The van der Waals surface area contributed by atoms with Crippen LogP contribution in [-0.4, -0.2) is 23.9 Å². The highest BCUT2D eigenvalue weighted by Crippen LogP contribution is 2.38. The van der Waals surface area contributed by atoms with Gasteiger partial charge >= 0.3 is 0 Å². The van der Waals surface area contributed by atoms with Crippen LogP contribution >= 0.6 is 0 Å². The van der Waals surface area contributed by atoms with E-state index in [0.717, 1.165) is 5.56 Å². The summed E-state index contributed by atoms with van der Waals surface area (Å²) in [5, 5.41) is 0.147. The first-order valence-corrected chi connectivity index (χ1v) is 12.6. The van der Waals surface area contributed by atoms with Gasteiger partial charge in [-0.3, -0.25) is 0 Å². The van der Waals surface area contributed by atoms with Crippen molar-refractivity contribution in [1.29, 1.82) is 0 Å². The smallest absolute Gasteiger partial charge is 0.192 e. The van der Waals surface area contributed by atoms with Crippen LogP contribution in [0, 0.1) is 0 Å². The van der Waals surface area contributed by atoms with Crippen molar-refractivity contribution in [1.82, 2.24) is 4.72 Å². The van der Waals surface area contributed by atoms with Gasteiger partial charge in [-0.2, -0.15) is 0 Å². The second kappa shape index (κ2) is 7.40. The van der Waals surface area contributed by atoms with Gasteiger partial charge in [0, 0.05) is 0 Å². The summed E-state index contributed by atoms with van der Waals surface area (Å²) in [7, 11) is -3.05. The Kier molecular flexibility index (Phi) is 6.64. The number of benzene rings is 1. The van der Waals surface area contributed by atoms with Gasteiger partial charge in [-0.25, -0.2) is 8.93 Å². The lowest BCUT2D eigenvalue weighted by molar-refractivity contribution is 0.200. The first-order valence-electron chi connectivity index (χ1n) is 8.58. The second-order valence-corrected chi connectivity index (χ2v) is 16.0. The van der Waals surface area contributed by atoms with E-state index < -0.39 is 24.8 Å². The van der Waals surface area contributed by atoms with E-state index in [1.165, 1.54) is 0 Å². The molecule has 0 fully saturated rings. The lowest BCUT2D eigenvalue weighted by Gasteiger charge is -2.41. The molecule has 5 heteroatoms.